The number of aromatic nitrogens is 1. The Morgan fingerprint density at radius 2 is 2.24 bits per heavy atom. The van der Waals surface area contributed by atoms with E-state index in [0.29, 0.717) is 17.7 Å². The van der Waals surface area contributed by atoms with Crippen LogP contribution in [0, 0.1) is 11.3 Å². The van der Waals surface area contributed by atoms with Crippen molar-refractivity contribution in [3.8, 4) is 17.2 Å². The second kappa shape index (κ2) is 5.29. The highest BCUT2D eigenvalue weighted by atomic mass is 16.3. The maximum absolute atomic E-state index is 11.8. The average Bonchev–Trinajstić information content (AvgIpc) is 3.13. The molecule has 104 valence electrons. The third kappa shape index (κ3) is 2.34. The van der Waals surface area contributed by atoms with Crippen molar-refractivity contribution < 1.29 is 9.21 Å². The lowest BCUT2D eigenvalue weighted by atomic mass is 10.0. The number of hydrogen-bond acceptors (Lipinski definition) is 3. The number of aromatic amines is 1. The summed E-state index contributed by atoms with van der Waals surface area (Å²) in [5.41, 5.74) is 3.33. The summed E-state index contributed by atoms with van der Waals surface area (Å²) in [6.45, 7) is 1.96. The molecule has 4 nitrogen and oxygen atoms in total. The van der Waals surface area contributed by atoms with E-state index in [1.165, 1.54) is 0 Å². The second-order valence-corrected chi connectivity index (χ2v) is 4.95. The quantitative estimate of drug-likeness (QED) is 0.724. The van der Waals surface area contributed by atoms with Crippen LogP contribution in [0.3, 0.4) is 0 Å². The van der Waals surface area contributed by atoms with Gasteiger partial charge in [0, 0.05) is 34.6 Å². The van der Waals surface area contributed by atoms with Gasteiger partial charge in [0.2, 0.25) is 0 Å². The van der Waals surface area contributed by atoms with Crippen LogP contribution < -0.4 is 0 Å². The number of ketones is 1. The van der Waals surface area contributed by atoms with E-state index in [9.17, 15) is 4.79 Å². The number of furan rings is 1. The molecule has 1 aromatic carbocycles. The Balaban J connectivity index is 2.05. The van der Waals surface area contributed by atoms with Crippen molar-refractivity contribution in [2.45, 2.75) is 19.8 Å². The molecule has 0 saturated heterocycles. The molecule has 0 saturated carbocycles. The van der Waals surface area contributed by atoms with Crippen LogP contribution in [0.25, 0.3) is 22.0 Å². The van der Waals surface area contributed by atoms with Crippen molar-refractivity contribution >= 4 is 16.7 Å². The summed E-state index contributed by atoms with van der Waals surface area (Å²) in [6, 6.07) is 9.38. The average molecular weight is 278 g/mol. The van der Waals surface area contributed by atoms with Crippen molar-refractivity contribution in [3.63, 3.8) is 0 Å². The third-order valence-corrected chi connectivity index (χ3v) is 3.47. The zero-order valence-electron chi connectivity index (χ0n) is 11.6. The molecular weight excluding hydrogens is 264 g/mol. The van der Waals surface area contributed by atoms with Gasteiger partial charge in [-0.15, -0.1) is 0 Å². The van der Waals surface area contributed by atoms with Gasteiger partial charge in [0.25, 0.3) is 0 Å². The van der Waals surface area contributed by atoms with Crippen LogP contribution >= 0.6 is 0 Å². The van der Waals surface area contributed by atoms with E-state index in [4.69, 9.17) is 9.68 Å². The fourth-order valence-corrected chi connectivity index (χ4v) is 2.40. The van der Waals surface area contributed by atoms with Crippen molar-refractivity contribution in [1.29, 1.82) is 5.26 Å². The largest absolute Gasteiger partial charge is 0.461 e. The zero-order valence-corrected chi connectivity index (χ0v) is 11.6. The number of carbonyl (C=O) groups is 1. The number of Topliss-reactive ketones (excluding diaryl/α,β-unsaturated/α-hetero) is 1. The van der Waals surface area contributed by atoms with Gasteiger partial charge in [-0.25, -0.2) is 0 Å². The molecule has 0 bridgehead atoms. The van der Waals surface area contributed by atoms with Gasteiger partial charge in [0.05, 0.1) is 17.9 Å². The number of nitrogens with one attached hydrogen (secondary N) is 1. The Bertz CT molecular complexity index is 849. The molecule has 0 amide bonds. The number of benzene rings is 1. The smallest absolute Gasteiger partial charge is 0.197 e. The highest BCUT2D eigenvalue weighted by molar-refractivity contribution is 5.99. The minimum atomic E-state index is 0.0151. The lowest BCUT2D eigenvalue weighted by Gasteiger charge is -1.95. The molecule has 0 radical (unpaired) electrons. The number of carbonyl (C=O) groups excluding carboxylic acids is 1. The van der Waals surface area contributed by atoms with Crippen LogP contribution in [-0.2, 0) is 0 Å². The summed E-state index contributed by atoms with van der Waals surface area (Å²) >= 11 is 0. The molecule has 0 fully saturated rings. The number of H-pyrrole nitrogens is 1. The Labute approximate surface area is 122 Å². The third-order valence-electron chi connectivity index (χ3n) is 3.47. The van der Waals surface area contributed by atoms with E-state index in [1.807, 2.05) is 25.3 Å². The number of rotatable bonds is 4. The van der Waals surface area contributed by atoms with Crippen LogP contribution in [0.15, 0.2) is 41.1 Å². The maximum atomic E-state index is 11.8. The van der Waals surface area contributed by atoms with Crippen molar-refractivity contribution in [1.82, 2.24) is 4.98 Å². The van der Waals surface area contributed by atoms with Gasteiger partial charge in [-0.05, 0) is 30.7 Å². The van der Waals surface area contributed by atoms with E-state index in [-0.39, 0.29) is 5.78 Å². The molecule has 2 heterocycles. The van der Waals surface area contributed by atoms with Gasteiger partial charge in [0.15, 0.2) is 11.5 Å². The van der Waals surface area contributed by atoms with Crippen LogP contribution in [0.4, 0.5) is 0 Å². The van der Waals surface area contributed by atoms with E-state index in [1.54, 1.807) is 18.4 Å². The molecule has 0 aliphatic rings. The Kier molecular flexibility index (Phi) is 3.33. The molecule has 2 aromatic heterocycles. The van der Waals surface area contributed by atoms with E-state index >= 15 is 0 Å². The summed E-state index contributed by atoms with van der Waals surface area (Å²) in [7, 11) is 0. The lowest BCUT2D eigenvalue weighted by molar-refractivity contribution is 0.0955. The lowest BCUT2D eigenvalue weighted by Crippen LogP contribution is -1.94. The molecule has 0 spiro atoms. The highest BCUT2D eigenvalue weighted by Gasteiger charge is 2.14. The fraction of sp³-hybridized carbons (Fsp3) is 0.176. The number of fused-ring (bicyclic) bond motifs is 1. The molecule has 0 atom stereocenters. The number of nitriles is 1. The predicted octanol–water partition coefficient (Wildman–Crippen LogP) is 4.28. The SMILES string of the molecule is CCCC(=O)c1cc(-c2c[nH]c3ccc(C#N)cc23)co1. The van der Waals surface area contributed by atoms with Gasteiger partial charge in [-0.3, -0.25) is 4.79 Å². The summed E-state index contributed by atoms with van der Waals surface area (Å²) in [5, 5.41) is 9.96. The molecule has 4 heteroatoms. The first kappa shape index (κ1) is 13.2. The first-order valence-corrected chi connectivity index (χ1v) is 6.86. The first-order valence-electron chi connectivity index (χ1n) is 6.86. The van der Waals surface area contributed by atoms with Crippen molar-refractivity contribution in [2.75, 3.05) is 0 Å². The molecule has 0 unspecified atom stereocenters. The molecule has 3 rings (SSSR count). The van der Waals surface area contributed by atoms with Crippen LogP contribution in [0.2, 0.25) is 0 Å². The van der Waals surface area contributed by atoms with Gasteiger partial charge < -0.3 is 9.40 Å². The zero-order chi connectivity index (χ0) is 14.8. The molecule has 0 aliphatic carbocycles. The van der Waals surface area contributed by atoms with Gasteiger partial charge >= 0.3 is 0 Å². The molecule has 0 aliphatic heterocycles. The van der Waals surface area contributed by atoms with Crippen molar-refractivity contribution in [2.24, 2.45) is 0 Å². The predicted molar refractivity (Wildman–Crippen MR) is 80.0 cm³/mol. The molecule has 21 heavy (non-hydrogen) atoms. The maximum Gasteiger partial charge on any atom is 0.197 e. The molecule has 1 N–H and O–H groups in total. The van der Waals surface area contributed by atoms with Gasteiger partial charge in [-0.1, -0.05) is 6.92 Å². The second-order valence-electron chi connectivity index (χ2n) is 4.95. The van der Waals surface area contributed by atoms with Crippen LogP contribution in [0.5, 0.6) is 0 Å². The van der Waals surface area contributed by atoms with Gasteiger partial charge in [0.1, 0.15) is 0 Å². The molecule has 3 aromatic rings. The summed E-state index contributed by atoms with van der Waals surface area (Å²) < 4.78 is 5.38. The fourth-order valence-electron chi connectivity index (χ4n) is 2.40. The van der Waals surface area contributed by atoms with Crippen molar-refractivity contribution in [3.05, 3.63) is 48.0 Å². The number of nitrogens with zero attached hydrogens (tertiary/aromatic N) is 1. The minimum absolute atomic E-state index is 0.0151. The Morgan fingerprint density at radius 3 is 3.00 bits per heavy atom. The van der Waals surface area contributed by atoms with Gasteiger partial charge in [-0.2, -0.15) is 5.26 Å². The first-order chi connectivity index (χ1) is 10.2. The Morgan fingerprint density at radius 1 is 1.38 bits per heavy atom. The van der Waals surface area contributed by atoms with E-state index in [0.717, 1.165) is 28.5 Å². The Hall–Kier alpha value is -2.80. The van der Waals surface area contributed by atoms with E-state index in [2.05, 4.69) is 11.1 Å². The van der Waals surface area contributed by atoms with Crippen LogP contribution in [-0.4, -0.2) is 10.8 Å². The highest BCUT2D eigenvalue weighted by Crippen LogP contribution is 2.31. The number of hydrogen-bond donors (Lipinski definition) is 1. The monoisotopic (exact) mass is 278 g/mol. The van der Waals surface area contributed by atoms with E-state index < -0.39 is 0 Å². The summed E-state index contributed by atoms with van der Waals surface area (Å²) in [4.78, 5) is 15.0. The van der Waals surface area contributed by atoms with Crippen LogP contribution in [0.1, 0.15) is 35.9 Å². The topological polar surface area (TPSA) is 69.8 Å². The summed E-state index contributed by atoms with van der Waals surface area (Å²) in [5.74, 6) is 0.402. The normalized spacial score (nSPS) is 10.7. The standard InChI is InChI=1S/C17H14N2O2/c1-2-3-16(20)17-7-12(10-21-17)14-9-19-15-5-4-11(8-18)6-13(14)15/h4-7,9-10,19H,2-3H2,1H3. The minimum Gasteiger partial charge on any atom is -0.461 e. The molecular formula is C17H14N2O2. The summed E-state index contributed by atoms with van der Waals surface area (Å²) in [6.07, 6.45) is 4.74.